The molecule has 128 valence electrons. The lowest BCUT2D eigenvalue weighted by atomic mass is 9.84. The molecule has 1 heterocycles. The Morgan fingerprint density at radius 3 is 2.79 bits per heavy atom. The van der Waals surface area contributed by atoms with E-state index in [4.69, 9.17) is 4.42 Å². The molecule has 2 fully saturated rings. The van der Waals surface area contributed by atoms with Crippen LogP contribution in [0.3, 0.4) is 0 Å². The molecule has 4 rings (SSSR count). The van der Waals surface area contributed by atoms with Gasteiger partial charge in [0.2, 0.25) is 0 Å². The Kier molecular flexibility index (Phi) is 4.00. The third-order valence-electron chi connectivity index (χ3n) is 6.57. The largest absolute Gasteiger partial charge is 0.422 e. The molecular formula is C21H27NO2. The predicted octanol–water partition coefficient (Wildman–Crippen LogP) is 4.32. The summed E-state index contributed by atoms with van der Waals surface area (Å²) in [6.07, 6.45) is 5.68. The number of hydrogen-bond acceptors (Lipinski definition) is 3. The van der Waals surface area contributed by atoms with E-state index in [0.29, 0.717) is 6.04 Å². The lowest BCUT2D eigenvalue weighted by Crippen LogP contribution is -2.36. The molecule has 0 aliphatic heterocycles. The van der Waals surface area contributed by atoms with Crippen LogP contribution in [0.15, 0.2) is 27.4 Å². The first-order chi connectivity index (χ1) is 11.5. The maximum absolute atomic E-state index is 12.0. The molecule has 2 aliphatic carbocycles. The van der Waals surface area contributed by atoms with Gasteiger partial charge in [0.05, 0.1) is 0 Å². The normalized spacial score (nSPS) is 27.0. The summed E-state index contributed by atoms with van der Waals surface area (Å²) in [5.74, 6) is 2.69. The number of hydrogen-bond donors (Lipinski definition) is 1. The van der Waals surface area contributed by atoms with Crippen molar-refractivity contribution in [3.8, 4) is 0 Å². The van der Waals surface area contributed by atoms with E-state index in [1.54, 1.807) is 6.07 Å². The van der Waals surface area contributed by atoms with E-state index in [9.17, 15) is 4.79 Å². The maximum atomic E-state index is 12.0. The van der Waals surface area contributed by atoms with Crippen LogP contribution in [-0.4, -0.2) is 6.04 Å². The molecule has 0 unspecified atom stereocenters. The van der Waals surface area contributed by atoms with E-state index < -0.39 is 0 Å². The van der Waals surface area contributed by atoms with Gasteiger partial charge in [0.25, 0.3) is 0 Å². The van der Waals surface area contributed by atoms with Gasteiger partial charge in [0, 0.05) is 24.0 Å². The molecule has 2 saturated carbocycles. The second-order valence-electron chi connectivity index (χ2n) is 7.98. The van der Waals surface area contributed by atoms with Crippen molar-refractivity contribution in [2.45, 2.75) is 59.0 Å². The molecule has 1 aromatic carbocycles. The molecule has 2 aliphatic rings. The van der Waals surface area contributed by atoms with Crippen molar-refractivity contribution >= 4 is 11.0 Å². The van der Waals surface area contributed by atoms with Crippen molar-refractivity contribution < 1.29 is 4.42 Å². The zero-order valence-electron chi connectivity index (χ0n) is 14.9. The van der Waals surface area contributed by atoms with Crippen LogP contribution in [0.5, 0.6) is 0 Å². The number of nitrogens with one attached hydrogen (secondary N) is 1. The quantitative estimate of drug-likeness (QED) is 0.851. The highest BCUT2D eigenvalue weighted by Crippen LogP contribution is 2.49. The van der Waals surface area contributed by atoms with Crippen LogP contribution in [0.4, 0.5) is 0 Å². The molecule has 1 aromatic heterocycles. The second kappa shape index (κ2) is 6.03. The molecule has 3 nitrogen and oxygen atoms in total. The van der Waals surface area contributed by atoms with E-state index in [0.717, 1.165) is 52.0 Å². The average Bonchev–Trinajstić information content (AvgIpc) is 3.19. The second-order valence-corrected chi connectivity index (χ2v) is 7.98. The third-order valence-corrected chi connectivity index (χ3v) is 6.57. The summed E-state index contributed by atoms with van der Waals surface area (Å²) in [7, 11) is 0. The Bertz CT molecular complexity index is 822. The molecule has 4 atom stereocenters. The van der Waals surface area contributed by atoms with E-state index in [-0.39, 0.29) is 5.63 Å². The van der Waals surface area contributed by atoms with Crippen molar-refractivity contribution in [2.24, 2.45) is 17.8 Å². The summed E-state index contributed by atoms with van der Waals surface area (Å²) < 4.78 is 5.48. The summed E-state index contributed by atoms with van der Waals surface area (Å²) >= 11 is 0. The zero-order chi connectivity index (χ0) is 16.8. The van der Waals surface area contributed by atoms with Crippen molar-refractivity contribution in [1.29, 1.82) is 0 Å². The highest BCUT2D eigenvalue weighted by Gasteiger charge is 2.41. The van der Waals surface area contributed by atoms with Crippen LogP contribution < -0.4 is 10.9 Å². The monoisotopic (exact) mass is 325 g/mol. The fraction of sp³-hybridized carbons (Fsp3) is 0.571. The van der Waals surface area contributed by atoms with Gasteiger partial charge < -0.3 is 9.73 Å². The maximum Gasteiger partial charge on any atom is 0.336 e. The van der Waals surface area contributed by atoms with Gasteiger partial charge >= 0.3 is 5.63 Å². The summed E-state index contributed by atoms with van der Waals surface area (Å²) in [6, 6.07) is 6.35. The van der Waals surface area contributed by atoms with E-state index >= 15 is 0 Å². The lowest BCUT2D eigenvalue weighted by Gasteiger charge is -2.28. The molecule has 24 heavy (non-hydrogen) atoms. The summed E-state index contributed by atoms with van der Waals surface area (Å²) in [5, 5.41) is 4.76. The molecule has 2 aromatic rings. The first kappa shape index (κ1) is 15.9. The van der Waals surface area contributed by atoms with Crippen LogP contribution in [0, 0.1) is 31.6 Å². The number of fused-ring (bicyclic) bond motifs is 3. The SMILES string of the molecule is Cc1ccc2c(CN[C@@H](C)[C@@H]3C[C@H]4CC[C@H]3C4)cc(=O)oc2c1C. The van der Waals surface area contributed by atoms with Gasteiger partial charge in [-0.25, -0.2) is 4.79 Å². The van der Waals surface area contributed by atoms with Crippen molar-refractivity contribution in [2.75, 3.05) is 0 Å². The minimum absolute atomic E-state index is 0.249. The zero-order valence-corrected chi connectivity index (χ0v) is 14.9. The van der Waals surface area contributed by atoms with Crippen molar-refractivity contribution in [1.82, 2.24) is 5.32 Å². The Hall–Kier alpha value is -1.61. The van der Waals surface area contributed by atoms with Crippen molar-refractivity contribution in [3.63, 3.8) is 0 Å². The van der Waals surface area contributed by atoms with Gasteiger partial charge in [-0.15, -0.1) is 0 Å². The van der Waals surface area contributed by atoms with Gasteiger partial charge in [-0.05, 0) is 74.5 Å². The summed E-state index contributed by atoms with van der Waals surface area (Å²) in [4.78, 5) is 12.0. The van der Waals surface area contributed by atoms with E-state index in [2.05, 4.69) is 31.3 Å². The Labute approximate surface area is 143 Å². The number of benzene rings is 1. The van der Waals surface area contributed by atoms with Gasteiger partial charge in [0.15, 0.2) is 0 Å². The van der Waals surface area contributed by atoms with Gasteiger partial charge in [-0.1, -0.05) is 18.6 Å². The van der Waals surface area contributed by atoms with Gasteiger partial charge in [-0.2, -0.15) is 0 Å². The third kappa shape index (κ3) is 2.69. The minimum Gasteiger partial charge on any atom is -0.422 e. The van der Waals surface area contributed by atoms with Crippen LogP contribution in [0.1, 0.15) is 49.3 Å². The lowest BCUT2D eigenvalue weighted by molar-refractivity contribution is 0.259. The molecule has 1 N–H and O–H groups in total. The predicted molar refractivity (Wildman–Crippen MR) is 97.2 cm³/mol. The Morgan fingerprint density at radius 1 is 1.25 bits per heavy atom. The van der Waals surface area contributed by atoms with Crippen LogP contribution in [0.2, 0.25) is 0 Å². The molecule has 0 saturated heterocycles. The van der Waals surface area contributed by atoms with Gasteiger partial charge in [0.1, 0.15) is 5.58 Å². The summed E-state index contributed by atoms with van der Waals surface area (Å²) in [6.45, 7) is 7.13. The number of aryl methyl sites for hydroxylation is 2. The molecule has 2 bridgehead atoms. The highest BCUT2D eigenvalue weighted by molar-refractivity contribution is 5.83. The van der Waals surface area contributed by atoms with Crippen LogP contribution in [-0.2, 0) is 6.54 Å². The highest BCUT2D eigenvalue weighted by atomic mass is 16.4. The van der Waals surface area contributed by atoms with E-state index in [1.165, 1.54) is 25.7 Å². The smallest absolute Gasteiger partial charge is 0.336 e. The molecule has 0 spiro atoms. The topological polar surface area (TPSA) is 42.2 Å². The molecule has 0 radical (unpaired) electrons. The first-order valence-corrected chi connectivity index (χ1v) is 9.29. The Balaban J connectivity index is 1.56. The minimum atomic E-state index is -0.249. The standard InChI is InChI=1S/C21H27NO2/c1-12-4-7-18-17(10-20(23)24-21(18)13(12)2)11-22-14(3)19-9-15-5-6-16(19)8-15/h4,7,10,14-16,19,22H,5-6,8-9,11H2,1-3H3/t14-,15-,16-,19-/m0/s1. The van der Waals surface area contributed by atoms with Crippen LogP contribution >= 0.6 is 0 Å². The molecule has 3 heteroatoms. The van der Waals surface area contributed by atoms with Crippen LogP contribution in [0.25, 0.3) is 11.0 Å². The molecular weight excluding hydrogens is 298 g/mol. The fourth-order valence-electron chi connectivity index (χ4n) is 5.00. The summed E-state index contributed by atoms with van der Waals surface area (Å²) in [5.41, 5.74) is 3.77. The fourth-order valence-corrected chi connectivity index (χ4v) is 5.00. The van der Waals surface area contributed by atoms with E-state index in [1.807, 2.05) is 6.92 Å². The van der Waals surface area contributed by atoms with Gasteiger partial charge in [-0.3, -0.25) is 0 Å². The van der Waals surface area contributed by atoms with Crippen molar-refractivity contribution in [3.05, 3.63) is 45.3 Å². The number of rotatable bonds is 4. The molecule has 0 amide bonds. The Morgan fingerprint density at radius 2 is 2.08 bits per heavy atom. The average molecular weight is 325 g/mol. The first-order valence-electron chi connectivity index (χ1n) is 9.29.